The van der Waals surface area contributed by atoms with Crippen molar-refractivity contribution in [1.82, 2.24) is 14.5 Å². The van der Waals surface area contributed by atoms with E-state index in [1.54, 1.807) is 4.57 Å². The summed E-state index contributed by atoms with van der Waals surface area (Å²) in [7, 11) is 0. The van der Waals surface area contributed by atoms with Crippen LogP contribution in [0.2, 0.25) is 0 Å². The summed E-state index contributed by atoms with van der Waals surface area (Å²) in [6.45, 7) is 1.85. The van der Waals surface area contributed by atoms with Gasteiger partial charge in [-0.05, 0) is 31.2 Å². The lowest BCUT2D eigenvalue weighted by atomic mass is 10.3. The Morgan fingerprint density at radius 2 is 1.81 bits per heavy atom. The first-order chi connectivity index (χ1) is 10.1. The first-order valence-corrected chi connectivity index (χ1v) is 6.99. The maximum atomic E-state index is 13.5. The van der Waals surface area contributed by atoms with Gasteiger partial charge in [-0.2, -0.15) is 0 Å². The molecule has 0 atom stereocenters. The first-order valence-electron chi connectivity index (χ1n) is 6.46. The van der Waals surface area contributed by atoms with Crippen molar-refractivity contribution in [2.45, 2.75) is 13.3 Å². The normalized spacial score (nSPS) is 11.2. The number of aromatic nitrogens is 3. The minimum atomic E-state index is -0.642. The van der Waals surface area contributed by atoms with Crippen molar-refractivity contribution in [2.75, 3.05) is 5.88 Å². The van der Waals surface area contributed by atoms with Crippen molar-refractivity contribution in [3.05, 3.63) is 53.5 Å². The first kappa shape index (κ1) is 13.9. The third-order valence-electron chi connectivity index (χ3n) is 3.14. The Balaban J connectivity index is 2.32. The summed E-state index contributed by atoms with van der Waals surface area (Å²) in [6.07, 6.45) is 0.481. The number of benzene rings is 1. The quantitative estimate of drug-likeness (QED) is 0.689. The van der Waals surface area contributed by atoms with E-state index in [4.69, 9.17) is 11.6 Å². The van der Waals surface area contributed by atoms with Crippen LogP contribution in [0.3, 0.4) is 0 Å². The zero-order chi connectivity index (χ0) is 15.0. The van der Waals surface area contributed by atoms with Gasteiger partial charge in [0.1, 0.15) is 23.0 Å². The highest BCUT2D eigenvalue weighted by Gasteiger charge is 2.15. The molecule has 0 saturated carbocycles. The molecule has 0 bridgehead atoms. The smallest absolute Gasteiger partial charge is 0.164 e. The minimum Gasteiger partial charge on any atom is -0.280 e. The lowest BCUT2D eigenvalue weighted by molar-refractivity contribution is 0.581. The number of hydrogen-bond acceptors (Lipinski definition) is 2. The number of nitrogens with zero attached hydrogens (tertiary/aromatic N) is 3. The third-order valence-corrected chi connectivity index (χ3v) is 3.33. The highest BCUT2D eigenvalue weighted by atomic mass is 35.5. The molecule has 0 amide bonds. The number of halogens is 3. The molecule has 2 aromatic heterocycles. The number of alkyl halides is 1. The topological polar surface area (TPSA) is 30.7 Å². The largest absolute Gasteiger partial charge is 0.280 e. The van der Waals surface area contributed by atoms with Crippen molar-refractivity contribution in [3.63, 3.8) is 0 Å². The van der Waals surface area contributed by atoms with Gasteiger partial charge in [0.05, 0.1) is 5.69 Å². The average Bonchev–Trinajstić information content (AvgIpc) is 2.75. The van der Waals surface area contributed by atoms with Crippen molar-refractivity contribution >= 4 is 22.8 Å². The van der Waals surface area contributed by atoms with Crippen LogP contribution in [-0.2, 0) is 6.42 Å². The Bertz CT molecular complexity index is 794. The minimum absolute atomic E-state index is 0.355. The maximum Gasteiger partial charge on any atom is 0.164 e. The van der Waals surface area contributed by atoms with E-state index in [2.05, 4.69) is 9.97 Å². The molecule has 0 radical (unpaired) electrons. The molecular weight excluding hydrogens is 296 g/mol. The molecular formula is C15H12ClF2N3. The van der Waals surface area contributed by atoms with Crippen molar-refractivity contribution in [3.8, 4) is 5.69 Å². The van der Waals surface area contributed by atoms with E-state index in [9.17, 15) is 8.78 Å². The second-order valence-electron chi connectivity index (χ2n) is 4.73. The summed E-state index contributed by atoms with van der Waals surface area (Å²) in [6, 6.07) is 7.03. The molecule has 0 aliphatic carbocycles. The van der Waals surface area contributed by atoms with E-state index in [1.165, 1.54) is 12.1 Å². The van der Waals surface area contributed by atoms with Gasteiger partial charge in [0, 0.05) is 24.1 Å². The highest BCUT2D eigenvalue weighted by Crippen LogP contribution is 2.22. The molecule has 0 spiro atoms. The number of fused-ring (bicyclic) bond motifs is 1. The lowest BCUT2D eigenvalue weighted by Gasteiger charge is -2.08. The van der Waals surface area contributed by atoms with Crippen LogP contribution in [0.15, 0.2) is 30.3 Å². The summed E-state index contributed by atoms with van der Waals surface area (Å²) in [5, 5.41) is 0. The van der Waals surface area contributed by atoms with Crippen molar-refractivity contribution < 1.29 is 8.78 Å². The Labute approximate surface area is 125 Å². The van der Waals surface area contributed by atoms with Crippen molar-refractivity contribution in [2.24, 2.45) is 0 Å². The van der Waals surface area contributed by atoms with Crippen LogP contribution in [-0.4, -0.2) is 20.4 Å². The maximum absolute atomic E-state index is 13.5. The number of rotatable bonds is 3. The van der Waals surface area contributed by atoms with Gasteiger partial charge >= 0.3 is 0 Å². The predicted molar refractivity (Wildman–Crippen MR) is 77.9 cm³/mol. The molecule has 1 aromatic carbocycles. The molecule has 3 aromatic rings. The third kappa shape index (κ3) is 2.61. The zero-order valence-electron chi connectivity index (χ0n) is 11.3. The molecule has 0 N–H and O–H groups in total. The Hall–Kier alpha value is -2.01. The van der Waals surface area contributed by atoms with E-state index in [-0.39, 0.29) is 0 Å². The predicted octanol–water partition coefficient (Wildman–Crippen LogP) is 3.79. The summed E-state index contributed by atoms with van der Waals surface area (Å²) in [4.78, 5) is 8.88. The van der Waals surface area contributed by atoms with E-state index in [0.717, 1.165) is 11.8 Å². The molecule has 0 aliphatic rings. The van der Waals surface area contributed by atoms with Crippen LogP contribution < -0.4 is 0 Å². The van der Waals surface area contributed by atoms with E-state index in [0.29, 0.717) is 35.0 Å². The van der Waals surface area contributed by atoms with E-state index < -0.39 is 11.6 Å². The van der Waals surface area contributed by atoms with E-state index >= 15 is 0 Å². The lowest BCUT2D eigenvalue weighted by Crippen LogP contribution is -2.04. The van der Waals surface area contributed by atoms with Crippen LogP contribution in [0.1, 0.15) is 11.5 Å². The number of pyridine rings is 1. The number of hydrogen-bond donors (Lipinski definition) is 0. The fourth-order valence-electron chi connectivity index (χ4n) is 2.29. The standard InChI is InChI=1S/C15H12ClF2N3/c1-9-2-3-13-15(19-9)21(14(20-13)4-5-16)12-7-10(17)6-11(18)8-12/h2-3,6-8H,4-5H2,1H3. The Kier molecular flexibility index (Phi) is 3.59. The van der Waals surface area contributed by atoms with Gasteiger partial charge in [-0.3, -0.25) is 4.57 Å². The SMILES string of the molecule is Cc1ccc2nc(CCCl)n(-c3cc(F)cc(F)c3)c2n1. The van der Waals surface area contributed by atoms with E-state index in [1.807, 2.05) is 19.1 Å². The van der Waals surface area contributed by atoms with Gasteiger partial charge < -0.3 is 0 Å². The van der Waals surface area contributed by atoms with Crippen LogP contribution >= 0.6 is 11.6 Å². The summed E-state index contributed by atoms with van der Waals surface area (Å²) < 4.78 is 28.6. The molecule has 2 heterocycles. The van der Waals surface area contributed by atoms with Crippen LogP contribution in [0.5, 0.6) is 0 Å². The fourth-order valence-corrected chi connectivity index (χ4v) is 2.46. The van der Waals surface area contributed by atoms with Crippen LogP contribution in [0.4, 0.5) is 8.78 Å². The Morgan fingerprint density at radius 1 is 1.10 bits per heavy atom. The van der Waals surface area contributed by atoms with Crippen LogP contribution in [0, 0.1) is 18.6 Å². The molecule has 3 rings (SSSR count). The van der Waals surface area contributed by atoms with Crippen molar-refractivity contribution in [1.29, 1.82) is 0 Å². The van der Waals surface area contributed by atoms with Gasteiger partial charge in [0.15, 0.2) is 5.65 Å². The molecule has 21 heavy (non-hydrogen) atoms. The molecule has 0 unspecified atom stereocenters. The van der Waals surface area contributed by atoms with Gasteiger partial charge in [-0.1, -0.05) is 0 Å². The summed E-state index contributed by atoms with van der Waals surface area (Å²) in [5.74, 6) is -0.295. The monoisotopic (exact) mass is 307 g/mol. The van der Waals surface area contributed by atoms with Gasteiger partial charge in [0.2, 0.25) is 0 Å². The molecule has 0 fully saturated rings. The number of aryl methyl sites for hydroxylation is 2. The second kappa shape index (κ2) is 5.41. The number of imidazole rings is 1. The second-order valence-corrected chi connectivity index (χ2v) is 5.10. The summed E-state index contributed by atoms with van der Waals surface area (Å²) >= 11 is 5.79. The van der Waals surface area contributed by atoms with Gasteiger partial charge in [-0.15, -0.1) is 11.6 Å². The van der Waals surface area contributed by atoms with Gasteiger partial charge in [0.25, 0.3) is 0 Å². The average molecular weight is 308 g/mol. The molecule has 3 nitrogen and oxygen atoms in total. The fraction of sp³-hybridized carbons (Fsp3) is 0.200. The molecule has 0 aliphatic heterocycles. The van der Waals surface area contributed by atoms with Crippen LogP contribution in [0.25, 0.3) is 16.9 Å². The van der Waals surface area contributed by atoms with Gasteiger partial charge in [-0.25, -0.2) is 18.7 Å². The highest BCUT2D eigenvalue weighted by molar-refractivity contribution is 6.17. The zero-order valence-corrected chi connectivity index (χ0v) is 12.0. The molecule has 108 valence electrons. The summed E-state index contributed by atoms with van der Waals surface area (Å²) in [5.41, 5.74) is 2.40. The molecule has 0 saturated heterocycles. The molecule has 6 heteroatoms. The Morgan fingerprint density at radius 3 is 2.48 bits per heavy atom.